The lowest BCUT2D eigenvalue weighted by molar-refractivity contribution is -0.122. The minimum absolute atomic E-state index is 0.0325. The van der Waals surface area contributed by atoms with E-state index >= 15 is 0 Å². The molecule has 0 spiro atoms. The van der Waals surface area contributed by atoms with Crippen molar-refractivity contribution in [3.05, 3.63) is 47.7 Å². The number of unbranched alkanes of at least 4 members (excludes halogenated alkanes) is 1. The summed E-state index contributed by atoms with van der Waals surface area (Å²) >= 11 is 1.90. The lowest BCUT2D eigenvalue weighted by Gasteiger charge is -2.16. The molecule has 2 aliphatic heterocycles. The number of hydrogen-bond donors (Lipinski definition) is 5. The Bertz CT molecular complexity index is 1290. The van der Waals surface area contributed by atoms with E-state index in [0.717, 1.165) is 36.1 Å². The molecule has 16 heteroatoms. The van der Waals surface area contributed by atoms with Gasteiger partial charge in [-0.05, 0) is 30.0 Å². The summed E-state index contributed by atoms with van der Waals surface area (Å²) in [6.45, 7) is 4.52. The first-order valence-corrected chi connectivity index (χ1v) is 17.8. The Morgan fingerprint density at radius 2 is 1.51 bits per heavy atom. The van der Waals surface area contributed by atoms with Gasteiger partial charge in [-0.1, -0.05) is 30.7 Å². The Morgan fingerprint density at radius 1 is 0.837 bits per heavy atom. The number of rotatable bonds is 25. The second kappa shape index (κ2) is 22.1. The third kappa shape index (κ3) is 15.2. The first-order valence-electron chi connectivity index (χ1n) is 16.8. The van der Waals surface area contributed by atoms with Crippen molar-refractivity contribution >= 4 is 35.4 Å². The summed E-state index contributed by atoms with van der Waals surface area (Å²) in [6.07, 6.45) is 5.11. The third-order valence-corrected chi connectivity index (χ3v) is 9.28. The molecule has 270 valence electrons. The number of urea groups is 1. The minimum Gasteiger partial charge on any atom is -0.459 e. The monoisotopic (exact) mass is 703 g/mol. The zero-order valence-corrected chi connectivity index (χ0v) is 28.7. The molecular formula is C33H49N7O8S. The number of nitrogens with one attached hydrogen (secondary N) is 4. The second-order valence-corrected chi connectivity index (χ2v) is 12.8. The Morgan fingerprint density at radius 3 is 2.24 bits per heavy atom. The van der Waals surface area contributed by atoms with Gasteiger partial charge in [0.2, 0.25) is 11.8 Å². The normalized spacial score (nSPS) is 18.0. The minimum atomic E-state index is -0.0895. The molecular weight excluding hydrogens is 654 g/mol. The molecule has 3 atom stereocenters. The van der Waals surface area contributed by atoms with Crippen LogP contribution in [0.3, 0.4) is 0 Å². The van der Waals surface area contributed by atoms with Gasteiger partial charge in [0.1, 0.15) is 12.4 Å². The molecule has 2 aliphatic rings. The van der Waals surface area contributed by atoms with Gasteiger partial charge in [0.15, 0.2) is 0 Å². The van der Waals surface area contributed by atoms with Gasteiger partial charge >= 0.3 is 12.0 Å². The molecule has 1 aromatic carbocycles. The number of aromatic nitrogens is 2. The summed E-state index contributed by atoms with van der Waals surface area (Å²) in [5.74, 6) is 1.25. The van der Waals surface area contributed by atoms with E-state index in [-0.39, 0.29) is 42.4 Å². The Hall–Kier alpha value is -3.70. The van der Waals surface area contributed by atoms with Gasteiger partial charge < -0.3 is 50.7 Å². The van der Waals surface area contributed by atoms with Crippen LogP contribution in [0.25, 0.3) is 0 Å². The number of nitrogens with zero attached hydrogens (tertiary/aromatic N) is 2. The molecule has 3 heterocycles. The van der Waals surface area contributed by atoms with Crippen LogP contribution in [-0.4, -0.2) is 110 Å². The Kier molecular flexibility index (Phi) is 17.2. The van der Waals surface area contributed by atoms with E-state index in [1.165, 1.54) is 0 Å². The van der Waals surface area contributed by atoms with Gasteiger partial charge in [-0.15, -0.1) is 0 Å². The van der Waals surface area contributed by atoms with Crippen LogP contribution in [-0.2, 0) is 41.7 Å². The first kappa shape index (κ1) is 38.1. The second-order valence-electron chi connectivity index (χ2n) is 11.6. The fourth-order valence-electron chi connectivity index (χ4n) is 5.17. The molecule has 4 amide bonds. The zero-order chi connectivity index (χ0) is 34.5. The van der Waals surface area contributed by atoms with E-state index in [4.69, 9.17) is 29.4 Å². The maximum atomic E-state index is 12.1. The van der Waals surface area contributed by atoms with E-state index in [2.05, 4.69) is 31.2 Å². The number of fused-ring (bicyclic) bond motifs is 1. The van der Waals surface area contributed by atoms with Crippen molar-refractivity contribution in [1.82, 2.24) is 31.2 Å². The van der Waals surface area contributed by atoms with Crippen LogP contribution >= 0.6 is 11.8 Å². The van der Waals surface area contributed by atoms with Crippen molar-refractivity contribution in [3.63, 3.8) is 0 Å². The summed E-state index contributed by atoms with van der Waals surface area (Å²) in [6, 6.07) is 9.92. The molecule has 1 aromatic heterocycles. The largest absolute Gasteiger partial charge is 0.459 e. The highest BCUT2D eigenvalue weighted by Crippen LogP contribution is 2.33. The number of carbonyl (C=O) groups is 3. The molecule has 0 saturated carbocycles. The summed E-state index contributed by atoms with van der Waals surface area (Å²) in [5, 5.41) is 12.1. The molecule has 0 aliphatic carbocycles. The number of thioether (sulfide) groups is 1. The van der Waals surface area contributed by atoms with Crippen LogP contribution in [0.15, 0.2) is 36.5 Å². The van der Waals surface area contributed by atoms with E-state index < -0.39 is 0 Å². The van der Waals surface area contributed by atoms with Crippen molar-refractivity contribution in [3.8, 4) is 6.01 Å². The van der Waals surface area contributed by atoms with Crippen LogP contribution in [0.1, 0.15) is 43.2 Å². The summed E-state index contributed by atoms with van der Waals surface area (Å²) < 4.78 is 27.5. The summed E-state index contributed by atoms with van der Waals surface area (Å²) in [7, 11) is 0. The van der Waals surface area contributed by atoms with Crippen molar-refractivity contribution in [2.24, 2.45) is 0 Å². The highest BCUT2D eigenvalue weighted by atomic mass is 32.2. The number of nitrogens with two attached hydrogens (primary N) is 1. The Balaban J connectivity index is 0.855. The van der Waals surface area contributed by atoms with Crippen LogP contribution in [0.2, 0.25) is 0 Å². The topological polar surface area (TPSA) is 197 Å². The molecule has 6 N–H and O–H groups in total. The molecule has 0 radical (unpaired) electrons. The van der Waals surface area contributed by atoms with Gasteiger partial charge in [-0.3, -0.25) is 9.59 Å². The molecule has 3 unspecified atom stereocenters. The summed E-state index contributed by atoms with van der Waals surface area (Å²) in [4.78, 5) is 43.6. The number of nitrogen functional groups attached to an aromatic ring is 1. The third-order valence-electron chi connectivity index (χ3n) is 7.77. The molecule has 0 bridgehead atoms. The molecule has 4 rings (SSSR count). The predicted octanol–water partition coefficient (Wildman–Crippen LogP) is 1.55. The number of benzene rings is 1. The maximum absolute atomic E-state index is 12.1. The SMILES string of the molecule is Nc1ccnc(OCc2ccc(CNC(=O)CCOCCOCCOCCOCCNC(=O)CCCCC3SCC4NC(=O)NC43)cc2)n1. The zero-order valence-electron chi connectivity index (χ0n) is 27.9. The van der Waals surface area contributed by atoms with E-state index in [9.17, 15) is 14.4 Å². The average molecular weight is 704 g/mol. The van der Waals surface area contributed by atoms with E-state index in [0.29, 0.717) is 90.0 Å². The molecule has 49 heavy (non-hydrogen) atoms. The molecule has 2 saturated heterocycles. The lowest BCUT2D eigenvalue weighted by Crippen LogP contribution is -2.36. The predicted molar refractivity (Wildman–Crippen MR) is 184 cm³/mol. The number of carbonyl (C=O) groups excluding carboxylic acids is 3. The van der Waals surface area contributed by atoms with Crippen molar-refractivity contribution < 1.29 is 38.1 Å². The highest BCUT2D eigenvalue weighted by Gasteiger charge is 2.42. The fraction of sp³-hybridized carbons (Fsp3) is 0.606. The van der Waals surface area contributed by atoms with Crippen LogP contribution in [0.4, 0.5) is 10.6 Å². The smallest absolute Gasteiger partial charge is 0.318 e. The molecule has 2 aromatic rings. The highest BCUT2D eigenvalue weighted by molar-refractivity contribution is 8.00. The standard InChI is InChI=1S/C33H49N7O8S/c34-28-9-11-36-33(39-28)48-22-25-7-5-24(6-8-25)21-37-30(42)10-13-44-15-17-46-19-20-47-18-16-45-14-12-35-29(41)4-2-1-3-27-31-26(23-49-27)38-32(43)40-31/h5-9,11,26-27,31H,1-4,10,12-23H2,(H,35,41)(H,37,42)(H2,34,36,39)(H2,38,40,43). The summed E-state index contributed by atoms with van der Waals surface area (Å²) in [5.41, 5.74) is 7.55. The Labute approximate surface area is 291 Å². The van der Waals surface area contributed by atoms with Crippen molar-refractivity contribution in [1.29, 1.82) is 0 Å². The van der Waals surface area contributed by atoms with Gasteiger partial charge in [0.05, 0.1) is 64.9 Å². The van der Waals surface area contributed by atoms with Crippen molar-refractivity contribution in [2.45, 2.75) is 62.6 Å². The number of amides is 4. The number of hydrogen-bond acceptors (Lipinski definition) is 12. The molecule has 15 nitrogen and oxygen atoms in total. The lowest BCUT2D eigenvalue weighted by atomic mass is 10.0. The van der Waals surface area contributed by atoms with E-state index in [1.54, 1.807) is 12.3 Å². The quantitative estimate of drug-likeness (QED) is 0.0741. The van der Waals surface area contributed by atoms with Gasteiger partial charge in [-0.2, -0.15) is 16.7 Å². The van der Waals surface area contributed by atoms with Crippen LogP contribution in [0, 0.1) is 0 Å². The maximum Gasteiger partial charge on any atom is 0.318 e. The van der Waals surface area contributed by atoms with Gasteiger partial charge in [0.25, 0.3) is 0 Å². The average Bonchev–Trinajstić information content (AvgIpc) is 3.66. The van der Waals surface area contributed by atoms with Gasteiger partial charge in [0, 0.05) is 43.1 Å². The van der Waals surface area contributed by atoms with Crippen molar-refractivity contribution in [2.75, 3.05) is 70.9 Å². The van der Waals surface area contributed by atoms with Gasteiger partial charge in [-0.25, -0.2) is 9.78 Å². The fourth-order valence-corrected chi connectivity index (χ4v) is 6.71. The molecule has 2 fully saturated rings. The number of ether oxygens (including phenoxy) is 5. The van der Waals surface area contributed by atoms with E-state index in [1.807, 2.05) is 36.0 Å². The van der Waals surface area contributed by atoms with Crippen LogP contribution in [0.5, 0.6) is 6.01 Å². The van der Waals surface area contributed by atoms with Crippen LogP contribution < -0.4 is 31.7 Å². The first-order chi connectivity index (χ1) is 24.0. The number of anilines is 1.